The standard InChI is InChI=1S/C22H24N6O6S/c1-3-34-20(29)13-24-21(30)23-12-19-25-26-22(35-14-15-5-4-6-18(11-15)33-2)27(19)16-7-9-17(10-8-16)28(31)32/h4-11H,3,12-14H2,1-2H3,(H2,23,24,30). The second-order valence-corrected chi connectivity index (χ2v) is 7.93. The molecule has 1 aromatic heterocycles. The van der Waals surface area contributed by atoms with E-state index in [2.05, 4.69) is 20.8 Å². The molecule has 0 fully saturated rings. The minimum absolute atomic E-state index is 0.00162. The summed E-state index contributed by atoms with van der Waals surface area (Å²) in [4.78, 5) is 34.1. The Balaban J connectivity index is 1.78. The Hall–Kier alpha value is -4.13. The molecule has 0 aliphatic heterocycles. The summed E-state index contributed by atoms with van der Waals surface area (Å²) in [5.41, 5.74) is 1.55. The summed E-state index contributed by atoms with van der Waals surface area (Å²) in [5, 5.41) is 25.0. The monoisotopic (exact) mass is 500 g/mol. The van der Waals surface area contributed by atoms with Crippen LogP contribution in [-0.2, 0) is 21.8 Å². The number of hydrogen-bond acceptors (Lipinski definition) is 9. The number of benzene rings is 2. The van der Waals surface area contributed by atoms with Gasteiger partial charge in [0.25, 0.3) is 5.69 Å². The van der Waals surface area contributed by atoms with Gasteiger partial charge in [0.2, 0.25) is 0 Å². The molecule has 0 radical (unpaired) electrons. The van der Waals surface area contributed by atoms with Crippen LogP contribution in [0.1, 0.15) is 18.3 Å². The van der Waals surface area contributed by atoms with Crippen molar-refractivity contribution >= 4 is 29.4 Å². The van der Waals surface area contributed by atoms with E-state index < -0.39 is 16.9 Å². The van der Waals surface area contributed by atoms with Crippen molar-refractivity contribution in [3.05, 3.63) is 70.0 Å². The second kappa shape index (κ2) is 12.4. The number of rotatable bonds is 11. The quantitative estimate of drug-likeness (QED) is 0.175. The number of ether oxygens (including phenoxy) is 2. The van der Waals surface area contributed by atoms with Crippen molar-refractivity contribution in [3.63, 3.8) is 0 Å². The van der Waals surface area contributed by atoms with E-state index in [0.29, 0.717) is 22.4 Å². The van der Waals surface area contributed by atoms with Crippen molar-refractivity contribution in [2.75, 3.05) is 20.3 Å². The molecular weight excluding hydrogens is 476 g/mol. The van der Waals surface area contributed by atoms with Crippen LogP contribution in [0.2, 0.25) is 0 Å². The van der Waals surface area contributed by atoms with Crippen LogP contribution in [0.4, 0.5) is 10.5 Å². The van der Waals surface area contributed by atoms with Gasteiger partial charge in [-0.15, -0.1) is 10.2 Å². The zero-order valence-corrected chi connectivity index (χ0v) is 19.9. The summed E-state index contributed by atoms with van der Waals surface area (Å²) in [6.45, 7) is 1.62. The van der Waals surface area contributed by atoms with Crippen molar-refractivity contribution in [3.8, 4) is 11.4 Å². The molecule has 0 aliphatic rings. The molecule has 2 aromatic carbocycles. The van der Waals surface area contributed by atoms with Gasteiger partial charge in [0.15, 0.2) is 11.0 Å². The molecule has 35 heavy (non-hydrogen) atoms. The minimum atomic E-state index is -0.582. The van der Waals surface area contributed by atoms with Gasteiger partial charge in [0, 0.05) is 23.6 Å². The van der Waals surface area contributed by atoms with Crippen LogP contribution in [0.15, 0.2) is 53.7 Å². The Bertz CT molecular complexity index is 1180. The summed E-state index contributed by atoms with van der Waals surface area (Å²) < 4.78 is 11.7. The predicted octanol–water partition coefficient (Wildman–Crippen LogP) is 2.84. The largest absolute Gasteiger partial charge is 0.497 e. The number of esters is 1. The van der Waals surface area contributed by atoms with E-state index in [1.165, 1.54) is 23.9 Å². The highest BCUT2D eigenvalue weighted by atomic mass is 32.2. The molecule has 2 amide bonds. The van der Waals surface area contributed by atoms with Gasteiger partial charge >= 0.3 is 12.0 Å². The molecule has 0 saturated carbocycles. The normalized spacial score (nSPS) is 10.5. The molecule has 1 heterocycles. The molecule has 13 heteroatoms. The number of urea groups is 1. The van der Waals surface area contributed by atoms with E-state index in [-0.39, 0.29) is 25.4 Å². The highest BCUT2D eigenvalue weighted by molar-refractivity contribution is 7.98. The van der Waals surface area contributed by atoms with Crippen LogP contribution in [0, 0.1) is 10.1 Å². The summed E-state index contributed by atoms with van der Waals surface area (Å²) in [5.74, 6) is 1.15. The van der Waals surface area contributed by atoms with Crippen molar-refractivity contribution in [1.82, 2.24) is 25.4 Å². The number of nitro groups is 1. The number of hydrogen-bond donors (Lipinski definition) is 2. The number of nitrogens with zero attached hydrogens (tertiary/aromatic N) is 4. The maximum absolute atomic E-state index is 12.1. The first-order valence-corrected chi connectivity index (χ1v) is 11.5. The zero-order valence-electron chi connectivity index (χ0n) is 19.1. The lowest BCUT2D eigenvalue weighted by Gasteiger charge is -2.11. The van der Waals surface area contributed by atoms with Crippen LogP contribution in [0.5, 0.6) is 5.75 Å². The van der Waals surface area contributed by atoms with E-state index in [4.69, 9.17) is 9.47 Å². The molecule has 0 aliphatic carbocycles. The molecule has 2 N–H and O–H groups in total. The molecule has 0 atom stereocenters. The fourth-order valence-electron chi connectivity index (χ4n) is 2.99. The molecule has 0 unspecified atom stereocenters. The van der Waals surface area contributed by atoms with Crippen LogP contribution in [-0.4, -0.2) is 51.9 Å². The topological polar surface area (TPSA) is 151 Å². The second-order valence-electron chi connectivity index (χ2n) is 6.99. The number of nitrogens with one attached hydrogen (secondary N) is 2. The Kier molecular flexibility index (Phi) is 9.01. The van der Waals surface area contributed by atoms with E-state index in [1.807, 2.05) is 24.3 Å². The zero-order chi connectivity index (χ0) is 25.2. The number of nitro benzene ring substituents is 1. The van der Waals surface area contributed by atoms with E-state index in [1.54, 1.807) is 30.7 Å². The van der Waals surface area contributed by atoms with Gasteiger partial charge in [-0.05, 0) is 36.8 Å². The van der Waals surface area contributed by atoms with Crippen molar-refractivity contribution in [2.45, 2.75) is 24.4 Å². The number of methoxy groups -OCH3 is 1. The lowest BCUT2D eigenvalue weighted by molar-refractivity contribution is -0.384. The van der Waals surface area contributed by atoms with Crippen molar-refractivity contribution < 1.29 is 24.0 Å². The minimum Gasteiger partial charge on any atom is -0.497 e. The number of thioether (sulfide) groups is 1. The number of carbonyl (C=O) groups is 2. The molecule has 3 aromatic rings. The van der Waals surface area contributed by atoms with Crippen molar-refractivity contribution in [2.24, 2.45) is 0 Å². The summed E-state index contributed by atoms with van der Waals surface area (Å²) in [6.07, 6.45) is 0. The molecular formula is C22H24N6O6S. The SMILES string of the molecule is CCOC(=O)CNC(=O)NCc1nnc(SCc2cccc(OC)c2)n1-c1ccc([N+](=O)[O-])cc1. The van der Waals surface area contributed by atoms with E-state index >= 15 is 0 Å². The number of carbonyl (C=O) groups excluding carboxylic acids is 2. The Morgan fingerprint density at radius 2 is 1.91 bits per heavy atom. The fourth-order valence-corrected chi connectivity index (χ4v) is 3.90. The Morgan fingerprint density at radius 1 is 1.14 bits per heavy atom. The highest BCUT2D eigenvalue weighted by Crippen LogP contribution is 2.27. The van der Waals surface area contributed by atoms with Crippen molar-refractivity contribution in [1.29, 1.82) is 0 Å². The van der Waals surface area contributed by atoms with Crippen LogP contribution < -0.4 is 15.4 Å². The summed E-state index contributed by atoms with van der Waals surface area (Å²) >= 11 is 1.41. The average molecular weight is 501 g/mol. The lowest BCUT2D eigenvalue weighted by Crippen LogP contribution is -2.39. The molecule has 0 saturated heterocycles. The first-order valence-electron chi connectivity index (χ1n) is 10.5. The summed E-state index contributed by atoms with van der Waals surface area (Å²) in [6, 6.07) is 13.0. The van der Waals surface area contributed by atoms with E-state index in [0.717, 1.165) is 11.3 Å². The van der Waals surface area contributed by atoms with E-state index in [9.17, 15) is 19.7 Å². The first-order chi connectivity index (χ1) is 16.9. The smallest absolute Gasteiger partial charge is 0.325 e. The molecule has 0 spiro atoms. The number of aromatic nitrogens is 3. The molecule has 12 nitrogen and oxygen atoms in total. The van der Waals surface area contributed by atoms with Crippen LogP contribution in [0.3, 0.4) is 0 Å². The first kappa shape index (κ1) is 25.5. The third-order valence-corrected chi connectivity index (χ3v) is 5.63. The third-order valence-electron chi connectivity index (χ3n) is 4.63. The third kappa shape index (κ3) is 7.17. The predicted molar refractivity (Wildman–Crippen MR) is 127 cm³/mol. The molecule has 3 rings (SSSR count). The number of amides is 2. The van der Waals surface area contributed by atoms with Gasteiger partial charge in [0.1, 0.15) is 12.3 Å². The Labute approximate surface area is 205 Å². The maximum Gasteiger partial charge on any atom is 0.325 e. The molecule has 184 valence electrons. The van der Waals surface area contributed by atoms with Gasteiger partial charge in [0.05, 0.1) is 25.2 Å². The number of non-ortho nitro benzene ring substituents is 1. The lowest BCUT2D eigenvalue weighted by atomic mass is 10.2. The summed E-state index contributed by atoms with van der Waals surface area (Å²) in [7, 11) is 1.60. The van der Waals surface area contributed by atoms with Gasteiger partial charge in [-0.1, -0.05) is 23.9 Å². The average Bonchev–Trinajstić information content (AvgIpc) is 3.28. The molecule has 0 bridgehead atoms. The Morgan fingerprint density at radius 3 is 2.60 bits per heavy atom. The maximum atomic E-state index is 12.1. The van der Waals surface area contributed by atoms with Crippen LogP contribution in [0.25, 0.3) is 5.69 Å². The fraction of sp³-hybridized carbons (Fsp3) is 0.273. The highest BCUT2D eigenvalue weighted by Gasteiger charge is 2.17. The van der Waals surface area contributed by atoms with Gasteiger partial charge < -0.3 is 20.1 Å². The van der Waals surface area contributed by atoms with Crippen LogP contribution >= 0.6 is 11.8 Å². The van der Waals surface area contributed by atoms with Gasteiger partial charge in [-0.2, -0.15) is 0 Å². The van der Waals surface area contributed by atoms with Gasteiger partial charge in [-0.25, -0.2) is 4.79 Å². The van der Waals surface area contributed by atoms with Gasteiger partial charge in [-0.3, -0.25) is 19.5 Å².